The number of aliphatic hydroxyl groups excluding tert-OH is 1. The molecule has 0 amide bonds. The van der Waals surface area contributed by atoms with Crippen LogP contribution in [0, 0.1) is 0 Å². The molecule has 2 aromatic carbocycles. The predicted molar refractivity (Wildman–Crippen MR) is 112 cm³/mol. The highest BCUT2D eigenvalue weighted by atomic mass is 16.6. The number of nitrogens with zero attached hydrogens (tertiary/aromatic N) is 1. The average Bonchev–Trinajstić information content (AvgIpc) is 3.00. The van der Waals surface area contributed by atoms with E-state index in [0.717, 1.165) is 33.3 Å². The maximum atomic E-state index is 13.1. The third kappa shape index (κ3) is 3.25. The number of carbonyl (C=O) groups is 1. The molecule has 1 aliphatic rings. The van der Waals surface area contributed by atoms with Crippen LogP contribution in [0.2, 0.25) is 0 Å². The Morgan fingerprint density at radius 1 is 1.11 bits per heavy atom. The molecule has 0 unspecified atom stereocenters. The zero-order chi connectivity index (χ0) is 19.9. The van der Waals surface area contributed by atoms with E-state index >= 15 is 0 Å². The quantitative estimate of drug-likeness (QED) is 0.675. The highest BCUT2D eigenvalue weighted by molar-refractivity contribution is 5.98. The summed E-state index contributed by atoms with van der Waals surface area (Å²) in [5, 5.41) is 11.0. The van der Waals surface area contributed by atoms with Crippen molar-refractivity contribution in [1.29, 1.82) is 0 Å². The number of carbonyl (C=O) groups excluding carboxylic acids is 1. The maximum absolute atomic E-state index is 13.1. The fourth-order valence-electron chi connectivity index (χ4n) is 3.98. The molecule has 0 spiro atoms. The van der Waals surface area contributed by atoms with Gasteiger partial charge in [0.2, 0.25) is 0 Å². The van der Waals surface area contributed by atoms with Crippen LogP contribution in [0.5, 0.6) is 0 Å². The van der Waals surface area contributed by atoms with E-state index in [1.807, 2.05) is 69.3 Å². The van der Waals surface area contributed by atoms with E-state index in [9.17, 15) is 9.90 Å². The predicted octanol–water partition coefficient (Wildman–Crippen LogP) is 5.14. The number of para-hydroxylation sites is 1. The lowest BCUT2D eigenvalue weighted by Gasteiger charge is -2.26. The number of aromatic nitrogens is 1. The van der Waals surface area contributed by atoms with Crippen molar-refractivity contribution in [3.8, 4) is 0 Å². The molecule has 0 fully saturated rings. The van der Waals surface area contributed by atoms with Crippen LogP contribution in [0.3, 0.4) is 0 Å². The fraction of sp³-hybridized carbons (Fsp3) is 0.292. The Balaban J connectivity index is 1.90. The molecule has 1 heterocycles. The average molecular weight is 375 g/mol. The third-order valence-electron chi connectivity index (χ3n) is 5.15. The number of ether oxygens (including phenoxy) is 1. The third-order valence-corrected chi connectivity index (χ3v) is 5.15. The number of benzene rings is 2. The first-order valence-corrected chi connectivity index (χ1v) is 9.61. The zero-order valence-corrected chi connectivity index (χ0v) is 16.5. The van der Waals surface area contributed by atoms with Crippen LogP contribution in [0.1, 0.15) is 43.5 Å². The van der Waals surface area contributed by atoms with Crippen LogP contribution in [-0.2, 0) is 11.2 Å². The van der Waals surface area contributed by atoms with Gasteiger partial charge in [-0.25, -0.2) is 9.36 Å². The van der Waals surface area contributed by atoms with E-state index in [2.05, 4.69) is 12.1 Å². The summed E-state index contributed by atoms with van der Waals surface area (Å²) in [5.74, 6) is 0.0317. The second-order valence-corrected chi connectivity index (χ2v) is 8.24. The Labute approximate surface area is 165 Å². The number of hydrogen-bond acceptors (Lipinski definition) is 3. The van der Waals surface area contributed by atoms with Gasteiger partial charge in [-0.3, -0.25) is 0 Å². The maximum Gasteiger partial charge on any atom is 0.419 e. The van der Waals surface area contributed by atoms with Gasteiger partial charge in [0.1, 0.15) is 5.60 Å². The second-order valence-electron chi connectivity index (χ2n) is 8.24. The van der Waals surface area contributed by atoms with Gasteiger partial charge in [0.05, 0.1) is 12.1 Å². The molecule has 1 aliphatic carbocycles. The van der Waals surface area contributed by atoms with Gasteiger partial charge >= 0.3 is 6.09 Å². The Morgan fingerprint density at radius 2 is 1.79 bits per heavy atom. The Bertz CT molecular complexity index is 1050. The summed E-state index contributed by atoms with van der Waals surface area (Å²) < 4.78 is 7.41. The summed E-state index contributed by atoms with van der Waals surface area (Å²) in [6, 6.07) is 18.0. The molecular formula is C24H25NO3. The van der Waals surface area contributed by atoms with E-state index in [4.69, 9.17) is 4.74 Å². The van der Waals surface area contributed by atoms with Crippen molar-refractivity contribution in [3.05, 3.63) is 77.0 Å². The monoisotopic (exact) mass is 375 g/mol. The van der Waals surface area contributed by atoms with Crippen molar-refractivity contribution in [1.82, 2.24) is 4.57 Å². The van der Waals surface area contributed by atoms with Crippen molar-refractivity contribution in [2.45, 2.75) is 38.7 Å². The first-order valence-electron chi connectivity index (χ1n) is 9.61. The standard InChI is InChI=1S/C24H25NO3/c1-24(2,3)28-23(27)25-21-12-8-7-11-18(21)20-13-17(15-26)19(14-22(20)25)16-9-5-4-6-10-16/h4-13,19,26H,14-15H2,1-3H3/t19-/m1/s1. The molecule has 1 aromatic heterocycles. The molecule has 0 bridgehead atoms. The van der Waals surface area contributed by atoms with E-state index in [1.54, 1.807) is 4.57 Å². The van der Waals surface area contributed by atoms with Crippen LogP contribution in [0.15, 0.2) is 60.2 Å². The molecule has 28 heavy (non-hydrogen) atoms. The summed E-state index contributed by atoms with van der Waals surface area (Å²) in [6.45, 7) is 5.61. The molecule has 0 radical (unpaired) electrons. The molecule has 1 N–H and O–H groups in total. The molecule has 4 heteroatoms. The normalized spacial score (nSPS) is 16.6. The van der Waals surface area contributed by atoms with Gasteiger partial charge < -0.3 is 9.84 Å². The minimum Gasteiger partial charge on any atom is -0.443 e. The summed E-state index contributed by atoms with van der Waals surface area (Å²) in [7, 11) is 0. The van der Waals surface area contributed by atoms with Gasteiger partial charge in [0.15, 0.2) is 0 Å². The number of fused-ring (bicyclic) bond motifs is 3. The summed E-state index contributed by atoms with van der Waals surface area (Å²) >= 11 is 0. The van der Waals surface area contributed by atoms with Crippen molar-refractivity contribution in [2.75, 3.05) is 6.61 Å². The highest BCUT2D eigenvalue weighted by Gasteiger charge is 2.31. The van der Waals surface area contributed by atoms with Gasteiger partial charge in [-0.1, -0.05) is 54.6 Å². The lowest BCUT2D eigenvalue weighted by Crippen LogP contribution is -2.29. The zero-order valence-electron chi connectivity index (χ0n) is 16.5. The topological polar surface area (TPSA) is 51.5 Å². The van der Waals surface area contributed by atoms with Gasteiger partial charge in [0.25, 0.3) is 0 Å². The molecule has 0 aliphatic heterocycles. The number of hydrogen-bond donors (Lipinski definition) is 1. The molecule has 3 aromatic rings. The summed E-state index contributed by atoms with van der Waals surface area (Å²) in [4.78, 5) is 13.1. The van der Waals surface area contributed by atoms with Gasteiger partial charge in [-0.2, -0.15) is 0 Å². The number of rotatable bonds is 2. The second kappa shape index (κ2) is 6.95. The highest BCUT2D eigenvalue weighted by Crippen LogP contribution is 2.40. The summed E-state index contributed by atoms with van der Waals surface area (Å²) in [6.07, 6.45) is 2.32. The van der Waals surface area contributed by atoms with Crippen molar-refractivity contribution >= 4 is 23.1 Å². The first-order chi connectivity index (χ1) is 13.4. The molecule has 4 rings (SSSR count). The molecule has 0 saturated heterocycles. The first kappa shape index (κ1) is 18.5. The fourth-order valence-corrected chi connectivity index (χ4v) is 3.98. The Morgan fingerprint density at radius 3 is 2.46 bits per heavy atom. The molecular weight excluding hydrogens is 350 g/mol. The van der Waals surface area contributed by atoms with Crippen LogP contribution >= 0.6 is 0 Å². The smallest absolute Gasteiger partial charge is 0.419 e. The van der Waals surface area contributed by atoms with E-state index in [1.165, 1.54) is 0 Å². The van der Waals surface area contributed by atoms with E-state index in [-0.39, 0.29) is 18.6 Å². The van der Waals surface area contributed by atoms with Crippen LogP contribution in [-0.4, -0.2) is 28.0 Å². The van der Waals surface area contributed by atoms with Crippen LogP contribution < -0.4 is 0 Å². The minimum atomic E-state index is -0.574. The van der Waals surface area contributed by atoms with E-state index in [0.29, 0.717) is 6.42 Å². The van der Waals surface area contributed by atoms with Crippen LogP contribution in [0.4, 0.5) is 4.79 Å². The minimum absolute atomic E-state index is 0.00898. The van der Waals surface area contributed by atoms with Gasteiger partial charge in [-0.05, 0) is 44.4 Å². The lowest BCUT2D eigenvalue weighted by atomic mass is 9.81. The van der Waals surface area contributed by atoms with Crippen LogP contribution in [0.25, 0.3) is 17.0 Å². The van der Waals surface area contributed by atoms with Crippen molar-refractivity contribution < 1.29 is 14.6 Å². The lowest BCUT2D eigenvalue weighted by molar-refractivity contribution is 0.0540. The van der Waals surface area contributed by atoms with Gasteiger partial charge in [-0.15, -0.1) is 0 Å². The Hall–Kier alpha value is -2.85. The molecule has 4 nitrogen and oxygen atoms in total. The van der Waals surface area contributed by atoms with Gasteiger partial charge in [0, 0.05) is 22.6 Å². The molecule has 144 valence electrons. The van der Waals surface area contributed by atoms with Crippen molar-refractivity contribution in [3.63, 3.8) is 0 Å². The van der Waals surface area contributed by atoms with E-state index < -0.39 is 5.60 Å². The van der Waals surface area contributed by atoms with Crippen molar-refractivity contribution in [2.24, 2.45) is 0 Å². The molecule has 0 saturated carbocycles. The largest absolute Gasteiger partial charge is 0.443 e. The SMILES string of the molecule is CC(C)(C)OC(=O)n1c2c(c3ccccc31)C=C(CO)[C@@H](c1ccccc1)C2. The Kier molecular flexibility index (Phi) is 4.60. The number of aliphatic hydroxyl groups is 1. The molecule has 1 atom stereocenters. The summed E-state index contributed by atoms with van der Waals surface area (Å²) in [5.41, 5.74) is 4.29.